The van der Waals surface area contributed by atoms with Crippen LogP contribution < -0.4 is 67.8 Å². The summed E-state index contributed by atoms with van der Waals surface area (Å²) in [6.07, 6.45) is -23.0. The SMILES string of the molecule is C=Cc1cn([C@H]2C[C@H](O)[C@@H](COP(=O)(O)O[C@H]3C[C@H](n4cnc5c(=O)[nH]c(N)nc54)O[C@@H]3COP(=O)(O)O[C@H]3C[C@H](n4ccc(N)nc4=O)O[C@@H]3COP(=O)(O)O[C@H]3C[C@H](n4cnc5c(=O)[nH]c(N)nc54)O[C@@H]3COP(=O)(O)O[C@H]3C[C@H](n4cc(C)c(=O)[nH]c4=O)O[C@@H]3COP(=O)(O)O[C@H]3C[C@H](n4cnc5c(=O)[nH]c(N)nc54)O[C@@H]3CO)O2)c(=O)[nH]c1=O. The van der Waals surface area contributed by atoms with E-state index in [9.17, 15) is 95.9 Å². The van der Waals surface area contributed by atoms with E-state index in [1.54, 1.807) is 0 Å². The second-order valence-electron chi connectivity index (χ2n) is 28.3. The first-order valence-electron chi connectivity index (χ1n) is 36.5. The Hall–Kier alpha value is -9.54. The summed E-state index contributed by atoms with van der Waals surface area (Å²) >= 11 is 0. The van der Waals surface area contributed by atoms with Crippen molar-refractivity contribution in [1.82, 2.24) is 87.2 Å². The maximum Gasteiger partial charge on any atom is 0.472 e. The normalized spacial score (nSPS) is 29.2. The summed E-state index contributed by atoms with van der Waals surface area (Å²) in [6.45, 7) is -1.28. The second-order valence-corrected chi connectivity index (χ2v) is 35.3. The molecule has 0 saturated carbocycles. The Balaban J connectivity index is 0.636. The quantitative estimate of drug-likeness (QED) is 0.0178. The van der Waals surface area contributed by atoms with Crippen molar-refractivity contribution in [3.8, 4) is 0 Å². The zero-order valence-electron chi connectivity index (χ0n) is 63.0. The molecule has 20 N–H and O–H groups in total. The van der Waals surface area contributed by atoms with Gasteiger partial charge in [-0.25, -0.2) is 52.2 Å². The maximum atomic E-state index is 14.5. The number of aliphatic hydroxyl groups is 2. The molecule has 6 aliphatic heterocycles. The highest BCUT2D eigenvalue weighted by atomic mass is 31.2. The van der Waals surface area contributed by atoms with Gasteiger partial charge in [-0.3, -0.25) is 122 Å². The first kappa shape index (κ1) is 88.3. The zero-order chi connectivity index (χ0) is 87.8. The molecule has 0 aliphatic carbocycles. The van der Waals surface area contributed by atoms with Gasteiger partial charge < -0.3 is 86.0 Å². The molecule has 5 unspecified atom stereocenters. The van der Waals surface area contributed by atoms with Crippen molar-refractivity contribution in [2.24, 2.45) is 0 Å². The number of rotatable bonds is 33. The minimum Gasteiger partial charge on any atom is -0.394 e. The van der Waals surface area contributed by atoms with Crippen LogP contribution in [0.5, 0.6) is 0 Å². The average molecular weight is 1840 g/mol. The molecule has 0 radical (unpaired) electrons. The van der Waals surface area contributed by atoms with E-state index in [1.807, 2.05) is 0 Å². The number of aromatic amines is 5. The van der Waals surface area contributed by atoms with E-state index >= 15 is 0 Å². The molecule has 15 rings (SSSR count). The molecule has 15 heterocycles. The second kappa shape index (κ2) is 34.8. The number of nitrogens with zero attached hydrogens (tertiary/aromatic N) is 13. The highest BCUT2D eigenvalue weighted by Gasteiger charge is 2.52. The van der Waals surface area contributed by atoms with Crippen LogP contribution in [0.4, 0.5) is 23.7 Å². The lowest BCUT2D eigenvalue weighted by atomic mass is 10.2. The minimum absolute atomic E-state index is 0.0215. The van der Waals surface area contributed by atoms with E-state index in [-0.39, 0.29) is 75.2 Å². The topological polar surface area (TPSA) is 814 Å². The highest BCUT2D eigenvalue weighted by molar-refractivity contribution is 7.48. The number of hydrogen-bond donors (Lipinski definition) is 16. The lowest BCUT2D eigenvalue weighted by Gasteiger charge is -2.26. The number of H-pyrrole nitrogens is 5. The highest BCUT2D eigenvalue weighted by Crippen LogP contribution is 2.56. The molecule has 0 spiro atoms. The van der Waals surface area contributed by atoms with E-state index in [4.69, 9.17) is 96.6 Å². The minimum atomic E-state index is -5.68. The number of anilines is 4. The number of imidazole rings is 3. The van der Waals surface area contributed by atoms with Crippen molar-refractivity contribution < 1.29 is 131 Å². The van der Waals surface area contributed by atoms with Crippen molar-refractivity contribution in [1.29, 1.82) is 0 Å². The summed E-state index contributed by atoms with van der Waals surface area (Å²) in [5, 5.41) is 21.2. The molecule has 666 valence electrons. The third kappa shape index (κ3) is 19.5. The number of ether oxygens (including phenoxy) is 6. The van der Waals surface area contributed by atoms with E-state index in [0.29, 0.717) is 0 Å². The van der Waals surface area contributed by atoms with Crippen LogP contribution in [-0.2, 0) is 96.5 Å². The summed E-state index contributed by atoms with van der Waals surface area (Å²) in [4.78, 5) is 199. The van der Waals surface area contributed by atoms with E-state index in [0.717, 1.165) is 55.6 Å². The molecule has 58 nitrogen and oxygen atoms in total. The molecule has 63 heteroatoms. The fourth-order valence-electron chi connectivity index (χ4n) is 14.3. The number of nitrogens with one attached hydrogen (secondary N) is 5. The first-order chi connectivity index (χ1) is 58.1. The smallest absolute Gasteiger partial charge is 0.394 e. The number of aryl methyl sites for hydroxylation is 1. The number of phosphoric ester groups is 5. The van der Waals surface area contributed by atoms with Crippen molar-refractivity contribution in [3.05, 3.63) is 145 Å². The van der Waals surface area contributed by atoms with Gasteiger partial charge in [-0.15, -0.1) is 0 Å². The van der Waals surface area contributed by atoms with Gasteiger partial charge in [-0.05, 0) is 13.0 Å². The summed E-state index contributed by atoms with van der Waals surface area (Å²) in [5.41, 5.74) is 15.1. The zero-order valence-corrected chi connectivity index (χ0v) is 67.5. The summed E-state index contributed by atoms with van der Waals surface area (Å²) in [7, 11) is -27.6. The molecule has 6 saturated heterocycles. The number of aromatic nitrogens is 18. The molecule has 6 fully saturated rings. The van der Waals surface area contributed by atoms with Gasteiger partial charge in [0.25, 0.3) is 27.8 Å². The third-order valence-electron chi connectivity index (χ3n) is 20.1. The predicted octanol–water partition coefficient (Wildman–Crippen LogP) is -3.39. The fourth-order valence-corrected chi connectivity index (χ4v) is 19.1. The predicted molar refractivity (Wildman–Crippen MR) is 406 cm³/mol. The standard InChI is InChI=1S/C60H75N22O36P5/c1-3-24-13-79(60(92)76-51(24)86)38-6-25(84)32(109-38)15-103-119(93,94)117-29-10-42(81-21-66-45-48(81)70-56(63)73-53(45)88)112-35(29)18-106-121(97,98)115-27-8-39(77-5-4-37(61)68-58(77)90)110-33(27)16-105-123(101,102)118-30-11-43(82-22-67-46-49(82)71-57(64)74-54(46)89)113-36(30)19-107-122(99,100)116-28-9-40(78-12-23(2)50(85)75-59(78)91)111-34(28)17-104-120(95,96)114-26-7-41(108-31(26)14-83)80-20-65-44-47(80)69-55(62)72-52(44)87/h3-5,12-13,20-22,25-36,38-43,83-84H,1,6-11,14-19H2,2H3,(H,93,94)(H,95,96)(H,97,98)(H,99,100)(H,101,102)(H2,61,68,90)(H,75,85,91)(H,76,86,92)(H3,62,69,72,87)(H3,63,70,73,88)(H3,64,71,74,89)/t25-,26-,27-,28-,29-,30-,31+,32+,33+,34+,35+,36+,38+,39+,40+,41+,42+,43+/m0/s1. The Labute approximate surface area is 681 Å². The summed E-state index contributed by atoms with van der Waals surface area (Å²) < 4.78 is 168. The molecule has 23 atom stereocenters. The Bertz CT molecular complexity index is 6330. The summed E-state index contributed by atoms with van der Waals surface area (Å²) in [6, 6.07) is 1.17. The number of hydrogen-bond acceptors (Lipinski definition) is 42. The van der Waals surface area contributed by atoms with E-state index in [2.05, 4.69) is 66.4 Å². The number of phosphoric acid groups is 5. The maximum absolute atomic E-state index is 14.5. The molecule has 9 aromatic heterocycles. The van der Waals surface area contributed by atoms with Crippen LogP contribution in [0.3, 0.4) is 0 Å². The number of aliphatic hydroxyl groups excluding tert-OH is 2. The van der Waals surface area contributed by atoms with Gasteiger partial charge in [-0.2, -0.15) is 19.9 Å². The molecule has 0 aromatic carbocycles. The van der Waals surface area contributed by atoms with Crippen molar-refractivity contribution in [3.63, 3.8) is 0 Å². The van der Waals surface area contributed by atoms with E-state index in [1.165, 1.54) is 28.5 Å². The summed E-state index contributed by atoms with van der Waals surface area (Å²) in [5.74, 6) is -1.33. The molecular formula is C60H75N22O36P5. The van der Waals surface area contributed by atoms with Crippen LogP contribution in [-0.4, -0.2) is 235 Å². The van der Waals surface area contributed by atoms with Gasteiger partial charge in [0, 0.05) is 62.7 Å². The average Bonchev–Trinajstić information content (AvgIpc) is 1.62. The number of nitrogens with two attached hydrogens (primary N) is 4. The molecule has 9 aromatic rings. The van der Waals surface area contributed by atoms with Gasteiger partial charge in [-0.1, -0.05) is 12.7 Å². The van der Waals surface area contributed by atoms with Crippen LogP contribution in [0.2, 0.25) is 0 Å². The molecular weight excluding hydrogens is 1760 g/mol. The Kier molecular flexibility index (Phi) is 25.0. The lowest BCUT2D eigenvalue weighted by molar-refractivity contribution is -0.0648. The van der Waals surface area contributed by atoms with Gasteiger partial charge in [0.15, 0.2) is 33.5 Å². The third-order valence-corrected chi connectivity index (χ3v) is 25.1. The van der Waals surface area contributed by atoms with Gasteiger partial charge in [0.1, 0.15) is 110 Å². The Morgan fingerprint density at radius 3 is 1.12 bits per heavy atom. The van der Waals surface area contributed by atoms with Crippen molar-refractivity contribution >= 4 is 102 Å². The molecule has 6 aliphatic rings. The van der Waals surface area contributed by atoms with Crippen LogP contribution in [0, 0.1) is 6.92 Å². The Morgan fingerprint density at radius 1 is 0.439 bits per heavy atom. The van der Waals surface area contributed by atoms with Gasteiger partial charge in [0.2, 0.25) is 17.8 Å². The molecule has 123 heavy (non-hydrogen) atoms. The van der Waals surface area contributed by atoms with Crippen LogP contribution in [0.1, 0.15) is 87.0 Å². The van der Waals surface area contributed by atoms with Crippen LogP contribution in [0.25, 0.3) is 39.6 Å². The number of fused-ring (bicyclic) bond motifs is 3. The molecule has 0 amide bonds. The van der Waals surface area contributed by atoms with Crippen molar-refractivity contribution in [2.75, 3.05) is 62.6 Å². The lowest BCUT2D eigenvalue weighted by Crippen LogP contribution is -2.33. The molecule has 0 bridgehead atoms. The largest absolute Gasteiger partial charge is 0.472 e. The fraction of sp³-hybridized carbons (Fsp3) is 0.517. The van der Waals surface area contributed by atoms with Crippen molar-refractivity contribution in [2.45, 2.75) is 156 Å². The first-order valence-corrected chi connectivity index (χ1v) is 43.9. The van der Waals surface area contributed by atoms with E-state index < -0.39 is 266 Å². The Morgan fingerprint density at radius 2 is 0.756 bits per heavy atom. The van der Waals surface area contributed by atoms with Crippen LogP contribution >= 0.6 is 39.1 Å². The van der Waals surface area contributed by atoms with Gasteiger partial charge in [0.05, 0.1) is 70.3 Å². The van der Waals surface area contributed by atoms with Gasteiger partial charge >= 0.3 is 56.2 Å². The van der Waals surface area contributed by atoms with Crippen LogP contribution in [0.15, 0.2) is 88.6 Å². The number of nitrogen functional groups attached to an aromatic ring is 4. The monoisotopic (exact) mass is 1830 g/mol.